The van der Waals surface area contributed by atoms with Crippen molar-refractivity contribution in [1.82, 2.24) is 15.1 Å². The van der Waals surface area contributed by atoms with Gasteiger partial charge in [0.15, 0.2) is 5.17 Å². The lowest BCUT2D eigenvalue weighted by Crippen LogP contribution is -2.33. The summed E-state index contributed by atoms with van der Waals surface area (Å²) in [6.45, 7) is 6.20. The first-order valence-electron chi connectivity index (χ1n) is 5.73. The van der Waals surface area contributed by atoms with E-state index in [0.717, 1.165) is 18.3 Å². The lowest BCUT2D eigenvalue weighted by molar-refractivity contribution is 0.508. The van der Waals surface area contributed by atoms with Gasteiger partial charge in [-0.3, -0.25) is 9.67 Å². The summed E-state index contributed by atoms with van der Waals surface area (Å²) in [5.74, 6) is 0. The minimum atomic E-state index is 0.363. The largest absolute Gasteiger partial charge is 0.361 e. The average Bonchev–Trinajstić information content (AvgIpc) is 2.89. The van der Waals surface area contributed by atoms with Crippen LogP contribution in [0.3, 0.4) is 0 Å². The van der Waals surface area contributed by atoms with E-state index in [2.05, 4.69) is 29.3 Å². The van der Waals surface area contributed by atoms with Crippen LogP contribution in [-0.4, -0.2) is 32.8 Å². The third-order valence-electron chi connectivity index (χ3n) is 2.56. The second-order valence-corrected chi connectivity index (χ2v) is 5.36. The minimum absolute atomic E-state index is 0.363. The summed E-state index contributed by atoms with van der Waals surface area (Å²) in [5.41, 5.74) is 0. The first kappa shape index (κ1) is 11.5. The normalized spacial score (nSPS) is 21.9. The summed E-state index contributed by atoms with van der Waals surface area (Å²) >= 11 is 1.86. The van der Waals surface area contributed by atoms with Crippen LogP contribution in [0, 0.1) is 0 Å². The van der Waals surface area contributed by atoms with E-state index in [1.54, 1.807) is 0 Å². The fourth-order valence-electron chi connectivity index (χ4n) is 1.65. The Balaban J connectivity index is 1.78. The van der Waals surface area contributed by atoms with Crippen LogP contribution in [-0.2, 0) is 6.54 Å². The molecule has 0 radical (unpaired) electrons. The Bertz CT molecular complexity index is 347. The lowest BCUT2D eigenvalue weighted by Gasteiger charge is -2.15. The number of aliphatic imine (C=N–C) groups is 1. The molecule has 0 spiro atoms. The van der Waals surface area contributed by atoms with E-state index in [-0.39, 0.29) is 0 Å². The predicted molar refractivity (Wildman–Crippen MR) is 68.8 cm³/mol. The number of amidine groups is 1. The van der Waals surface area contributed by atoms with Crippen LogP contribution in [0.1, 0.15) is 20.3 Å². The standard InChI is InChI=1S/C11H18N4S/c1-3-10-7-12-11(16-10)14-9(2)8-15-6-4-5-13-15/h4-6,9-10H,3,7-8H2,1-2H3,(H,12,14). The summed E-state index contributed by atoms with van der Waals surface area (Å²) in [4.78, 5) is 4.50. The van der Waals surface area contributed by atoms with Crippen molar-refractivity contribution in [3.8, 4) is 0 Å². The molecule has 1 aliphatic rings. The molecule has 16 heavy (non-hydrogen) atoms. The summed E-state index contributed by atoms with van der Waals surface area (Å²) in [6.07, 6.45) is 4.98. The second kappa shape index (κ2) is 5.39. The zero-order valence-electron chi connectivity index (χ0n) is 9.76. The Morgan fingerprint density at radius 2 is 2.56 bits per heavy atom. The maximum absolute atomic E-state index is 4.50. The first-order valence-corrected chi connectivity index (χ1v) is 6.61. The van der Waals surface area contributed by atoms with Crippen molar-refractivity contribution in [2.75, 3.05) is 6.54 Å². The van der Waals surface area contributed by atoms with Gasteiger partial charge in [0.1, 0.15) is 0 Å². The molecule has 2 unspecified atom stereocenters. The Kier molecular flexibility index (Phi) is 3.88. The van der Waals surface area contributed by atoms with Gasteiger partial charge < -0.3 is 5.32 Å². The molecule has 0 amide bonds. The smallest absolute Gasteiger partial charge is 0.157 e. The number of rotatable bonds is 4. The number of hydrogen-bond acceptors (Lipinski definition) is 4. The third-order valence-corrected chi connectivity index (χ3v) is 3.85. The van der Waals surface area contributed by atoms with Gasteiger partial charge in [0.05, 0.1) is 13.1 Å². The first-order chi connectivity index (χ1) is 7.78. The molecular formula is C11H18N4S. The average molecular weight is 238 g/mol. The Hall–Kier alpha value is -0.970. The molecule has 0 bridgehead atoms. The van der Waals surface area contributed by atoms with E-state index in [1.807, 2.05) is 34.9 Å². The second-order valence-electron chi connectivity index (χ2n) is 4.07. The van der Waals surface area contributed by atoms with Crippen molar-refractivity contribution in [2.45, 2.75) is 38.1 Å². The number of nitrogens with one attached hydrogen (secondary N) is 1. The number of hydrogen-bond donors (Lipinski definition) is 1. The molecular weight excluding hydrogens is 220 g/mol. The molecule has 88 valence electrons. The Morgan fingerprint density at radius 3 is 3.19 bits per heavy atom. The molecule has 1 aromatic heterocycles. The van der Waals surface area contributed by atoms with E-state index in [0.29, 0.717) is 11.3 Å². The van der Waals surface area contributed by atoms with Gasteiger partial charge in [-0.25, -0.2) is 0 Å². The monoisotopic (exact) mass is 238 g/mol. The maximum atomic E-state index is 4.50. The number of nitrogens with zero attached hydrogens (tertiary/aromatic N) is 3. The molecule has 1 aromatic rings. The molecule has 0 aliphatic carbocycles. The van der Waals surface area contributed by atoms with Crippen LogP contribution in [0.4, 0.5) is 0 Å². The third kappa shape index (κ3) is 3.01. The highest BCUT2D eigenvalue weighted by Gasteiger charge is 2.18. The van der Waals surface area contributed by atoms with Gasteiger partial charge in [0.25, 0.3) is 0 Å². The van der Waals surface area contributed by atoms with Gasteiger partial charge in [0, 0.05) is 23.7 Å². The van der Waals surface area contributed by atoms with Gasteiger partial charge >= 0.3 is 0 Å². The number of aromatic nitrogens is 2. The molecule has 4 nitrogen and oxygen atoms in total. The molecule has 0 saturated carbocycles. The van der Waals surface area contributed by atoms with Gasteiger partial charge in [0.2, 0.25) is 0 Å². The zero-order valence-corrected chi connectivity index (χ0v) is 10.6. The fourth-order valence-corrected chi connectivity index (χ4v) is 2.70. The Morgan fingerprint density at radius 1 is 1.69 bits per heavy atom. The van der Waals surface area contributed by atoms with E-state index in [9.17, 15) is 0 Å². The SMILES string of the molecule is CCC1CN=C(NC(C)Cn2cccn2)S1. The van der Waals surface area contributed by atoms with E-state index in [4.69, 9.17) is 0 Å². The molecule has 0 fully saturated rings. The van der Waals surface area contributed by atoms with Crippen molar-refractivity contribution in [1.29, 1.82) is 0 Å². The Labute approximate surface area is 101 Å². The molecule has 0 aromatic carbocycles. The van der Waals surface area contributed by atoms with Crippen LogP contribution in [0.5, 0.6) is 0 Å². The molecule has 1 N–H and O–H groups in total. The molecule has 2 atom stereocenters. The van der Waals surface area contributed by atoms with E-state index in [1.165, 1.54) is 6.42 Å². The number of thioether (sulfide) groups is 1. The lowest BCUT2D eigenvalue weighted by atomic mass is 10.3. The van der Waals surface area contributed by atoms with Crippen molar-refractivity contribution >= 4 is 16.9 Å². The fraction of sp³-hybridized carbons (Fsp3) is 0.636. The summed E-state index contributed by atoms with van der Waals surface area (Å²) in [7, 11) is 0. The van der Waals surface area contributed by atoms with Crippen molar-refractivity contribution in [2.24, 2.45) is 4.99 Å². The van der Waals surface area contributed by atoms with Crippen LogP contribution in [0.15, 0.2) is 23.5 Å². The van der Waals surface area contributed by atoms with Gasteiger partial charge in [-0.05, 0) is 19.4 Å². The highest BCUT2D eigenvalue weighted by atomic mass is 32.2. The molecule has 2 rings (SSSR count). The molecule has 0 saturated heterocycles. The van der Waals surface area contributed by atoms with Crippen LogP contribution in [0.25, 0.3) is 0 Å². The topological polar surface area (TPSA) is 42.2 Å². The van der Waals surface area contributed by atoms with Gasteiger partial charge in [-0.15, -0.1) is 0 Å². The molecule has 5 heteroatoms. The van der Waals surface area contributed by atoms with Gasteiger partial charge in [-0.1, -0.05) is 18.7 Å². The molecule has 2 heterocycles. The summed E-state index contributed by atoms with van der Waals surface area (Å²) in [6, 6.07) is 2.31. The van der Waals surface area contributed by atoms with E-state index < -0.39 is 0 Å². The highest BCUT2D eigenvalue weighted by molar-refractivity contribution is 8.14. The van der Waals surface area contributed by atoms with E-state index >= 15 is 0 Å². The summed E-state index contributed by atoms with van der Waals surface area (Å²) < 4.78 is 1.94. The predicted octanol–water partition coefficient (Wildman–Crippen LogP) is 1.74. The quantitative estimate of drug-likeness (QED) is 0.869. The van der Waals surface area contributed by atoms with Crippen molar-refractivity contribution in [3.05, 3.63) is 18.5 Å². The molecule has 1 aliphatic heterocycles. The maximum Gasteiger partial charge on any atom is 0.157 e. The summed E-state index contributed by atoms with van der Waals surface area (Å²) in [5, 5.41) is 9.38. The van der Waals surface area contributed by atoms with Gasteiger partial charge in [-0.2, -0.15) is 5.10 Å². The zero-order chi connectivity index (χ0) is 11.4. The van der Waals surface area contributed by atoms with Crippen molar-refractivity contribution < 1.29 is 0 Å². The van der Waals surface area contributed by atoms with Crippen LogP contribution >= 0.6 is 11.8 Å². The van der Waals surface area contributed by atoms with Crippen LogP contribution in [0.2, 0.25) is 0 Å². The highest BCUT2D eigenvalue weighted by Crippen LogP contribution is 2.22. The minimum Gasteiger partial charge on any atom is -0.361 e. The van der Waals surface area contributed by atoms with Crippen molar-refractivity contribution in [3.63, 3.8) is 0 Å². The van der Waals surface area contributed by atoms with Crippen LogP contribution < -0.4 is 5.32 Å².